The third-order valence-corrected chi connectivity index (χ3v) is 6.99. The minimum Gasteiger partial charge on any atom is -0.507 e. The van der Waals surface area contributed by atoms with E-state index in [1.807, 2.05) is 0 Å². The molecular formula is C26H38O2S. The highest BCUT2D eigenvalue weighted by Crippen LogP contribution is 2.43. The summed E-state index contributed by atoms with van der Waals surface area (Å²) in [6.07, 6.45) is 1.99. The molecule has 2 atom stereocenters. The van der Waals surface area contributed by atoms with Gasteiger partial charge in [0.25, 0.3) is 0 Å². The Labute approximate surface area is 181 Å². The van der Waals surface area contributed by atoms with Crippen molar-refractivity contribution in [2.24, 2.45) is 0 Å². The first-order chi connectivity index (χ1) is 13.6. The van der Waals surface area contributed by atoms with Crippen molar-refractivity contribution < 1.29 is 10.2 Å². The zero-order chi connectivity index (χ0) is 21.9. The van der Waals surface area contributed by atoms with Crippen molar-refractivity contribution in [2.45, 2.75) is 102 Å². The normalized spacial score (nSPS) is 13.9. The summed E-state index contributed by atoms with van der Waals surface area (Å²) >= 11 is 1.73. The van der Waals surface area contributed by atoms with Crippen LogP contribution in [0.5, 0.6) is 11.5 Å². The van der Waals surface area contributed by atoms with Crippen molar-refractivity contribution in [3.05, 3.63) is 46.5 Å². The van der Waals surface area contributed by atoms with E-state index in [1.54, 1.807) is 11.8 Å². The Morgan fingerprint density at radius 3 is 1.21 bits per heavy atom. The summed E-state index contributed by atoms with van der Waals surface area (Å²) < 4.78 is 0. The third kappa shape index (κ3) is 5.31. The van der Waals surface area contributed by atoms with Gasteiger partial charge in [-0.3, -0.25) is 0 Å². The lowest BCUT2D eigenvalue weighted by Gasteiger charge is -2.20. The van der Waals surface area contributed by atoms with E-state index in [9.17, 15) is 10.2 Å². The van der Waals surface area contributed by atoms with Crippen molar-refractivity contribution in [1.82, 2.24) is 0 Å². The van der Waals surface area contributed by atoms with Crippen LogP contribution >= 0.6 is 11.8 Å². The second kappa shape index (κ2) is 9.93. The number of phenols is 2. The fourth-order valence-electron chi connectivity index (χ4n) is 3.63. The number of phenolic OH excluding ortho intramolecular Hbond substituents is 2. The minimum absolute atomic E-state index is 0.264. The lowest BCUT2D eigenvalue weighted by Crippen LogP contribution is -1.99. The van der Waals surface area contributed by atoms with Gasteiger partial charge in [-0.2, -0.15) is 0 Å². The van der Waals surface area contributed by atoms with Crippen LogP contribution in [0.4, 0.5) is 0 Å². The van der Waals surface area contributed by atoms with E-state index in [-0.39, 0.29) is 11.8 Å². The van der Waals surface area contributed by atoms with E-state index in [2.05, 4.69) is 79.7 Å². The zero-order valence-electron chi connectivity index (χ0n) is 19.3. The van der Waals surface area contributed by atoms with Gasteiger partial charge in [-0.15, -0.1) is 0 Å². The molecule has 0 saturated heterocycles. The van der Waals surface area contributed by atoms with Crippen molar-refractivity contribution in [2.75, 3.05) is 0 Å². The molecule has 2 rings (SSSR count). The molecule has 160 valence electrons. The quantitative estimate of drug-likeness (QED) is 0.454. The molecule has 0 aliphatic heterocycles. The average molecular weight is 415 g/mol. The van der Waals surface area contributed by atoms with Gasteiger partial charge in [0, 0.05) is 9.79 Å². The minimum atomic E-state index is 0.264. The smallest absolute Gasteiger partial charge is 0.122 e. The van der Waals surface area contributed by atoms with Crippen molar-refractivity contribution >= 4 is 11.8 Å². The van der Waals surface area contributed by atoms with E-state index in [4.69, 9.17) is 0 Å². The molecule has 0 aliphatic rings. The lowest BCUT2D eigenvalue weighted by molar-refractivity contribution is 0.450. The molecule has 0 aromatic heterocycles. The molecule has 0 heterocycles. The molecule has 0 aliphatic carbocycles. The monoisotopic (exact) mass is 414 g/mol. The highest BCUT2D eigenvalue weighted by molar-refractivity contribution is 7.99. The third-order valence-electron chi connectivity index (χ3n) is 6.05. The Balaban J connectivity index is 2.58. The van der Waals surface area contributed by atoms with Crippen molar-refractivity contribution in [1.29, 1.82) is 0 Å². The molecule has 0 fully saturated rings. The van der Waals surface area contributed by atoms with Gasteiger partial charge in [0.2, 0.25) is 0 Å². The van der Waals surface area contributed by atoms with Crippen molar-refractivity contribution in [3.8, 4) is 11.5 Å². The maximum absolute atomic E-state index is 10.8. The molecule has 3 heteroatoms. The number of hydrogen-bond donors (Lipinski definition) is 2. The van der Waals surface area contributed by atoms with Gasteiger partial charge in [0.1, 0.15) is 11.5 Å². The first-order valence-electron chi connectivity index (χ1n) is 11.0. The Kier molecular flexibility index (Phi) is 8.10. The molecule has 29 heavy (non-hydrogen) atoms. The van der Waals surface area contributed by atoms with Gasteiger partial charge < -0.3 is 10.2 Å². The summed E-state index contributed by atoms with van der Waals surface area (Å²) in [4.78, 5) is 2.30. The number of benzene rings is 2. The molecule has 2 N–H and O–H groups in total. The van der Waals surface area contributed by atoms with Crippen LogP contribution in [0.1, 0.15) is 114 Å². The predicted molar refractivity (Wildman–Crippen MR) is 126 cm³/mol. The van der Waals surface area contributed by atoms with E-state index in [0.717, 1.165) is 44.9 Å². The summed E-state index contributed by atoms with van der Waals surface area (Å²) in [6, 6.07) is 8.54. The highest BCUT2D eigenvalue weighted by Gasteiger charge is 2.19. The fraction of sp³-hybridized carbons (Fsp3) is 0.538. The Hall–Kier alpha value is -1.61. The Morgan fingerprint density at radius 2 is 0.931 bits per heavy atom. The van der Waals surface area contributed by atoms with E-state index in [1.165, 1.54) is 0 Å². The summed E-state index contributed by atoms with van der Waals surface area (Å²) in [6.45, 7) is 17.2. The van der Waals surface area contributed by atoms with Crippen LogP contribution in [0.2, 0.25) is 0 Å². The molecule has 2 unspecified atom stereocenters. The second-order valence-corrected chi connectivity index (χ2v) is 10.1. The maximum Gasteiger partial charge on any atom is 0.122 e. The van der Waals surface area contributed by atoms with Crippen molar-refractivity contribution in [3.63, 3.8) is 0 Å². The van der Waals surface area contributed by atoms with Gasteiger partial charge >= 0.3 is 0 Å². The zero-order valence-corrected chi connectivity index (χ0v) is 20.2. The van der Waals surface area contributed by atoms with Crippen LogP contribution in [-0.2, 0) is 0 Å². The van der Waals surface area contributed by atoms with Gasteiger partial charge in [0.15, 0.2) is 0 Å². The van der Waals surface area contributed by atoms with Gasteiger partial charge in [-0.25, -0.2) is 0 Å². The van der Waals surface area contributed by atoms with Crippen LogP contribution in [0, 0.1) is 0 Å². The molecule has 2 aromatic carbocycles. The van der Waals surface area contributed by atoms with Gasteiger partial charge in [0.05, 0.1) is 0 Å². The summed E-state index contributed by atoms with van der Waals surface area (Å²) in [5.74, 6) is 2.06. The first kappa shape index (κ1) is 23.7. The average Bonchev–Trinajstić information content (AvgIpc) is 2.68. The molecule has 2 nitrogen and oxygen atoms in total. The number of aromatic hydroxyl groups is 2. The molecule has 0 amide bonds. The maximum atomic E-state index is 10.8. The van der Waals surface area contributed by atoms with E-state index < -0.39 is 0 Å². The topological polar surface area (TPSA) is 40.5 Å². The second-order valence-electron chi connectivity index (χ2n) is 8.93. The number of hydrogen-bond acceptors (Lipinski definition) is 3. The lowest BCUT2D eigenvalue weighted by atomic mass is 9.92. The summed E-state index contributed by atoms with van der Waals surface area (Å²) in [7, 11) is 0. The molecule has 2 aromatic rings. The van der Waals surface area contributed by atoms with Gasteiger partial charge in [-0.1, -0.05) is 67.2 Å². The van der Waals surface area contributed by atoms with Crippen LogP contribution in [0.15, 0.2) is 34.1 Å². The van der Waals surface area contributed by atoms with E-state index in [0.29, 0.717) is 23.3 Å². The van der Waals surface area contributed by atoms with E-state index >= 15 is 0 Å². The molecular weight excluding hydrogens is 376 g/mol. The Morgan fingerprint density at radius 1 is 0.621 bits per heavy atom. The van der Waals surface area contributed by atoms with Crippen LogP contribution < -0.4 is 0 Å². The molecule has 0 radical (unpaired) electrons. The molecule has 0 bridgehead atoms. The number of rotatable bonds is 8. The summed E-state index contributed by atoms with van der Waals surface area (Å²) in [5, 5.41) is 21.6. The first-order valence-corrected chi connectivity index (χ1v) is 11.8. The largest absolute Gasteiger partial charge is 0.507 e. The predicted octanol–water partition coefficient (Wildman–Crippen LogP) is 8.52. The molecule has 0 saturated carbocycles. The highest BCUT2D eigenvalue weighted by atomic mass is 32.2. The standard InChI is InChI=1S/C26H38O2S/c1-9-17(7)23-13-19(11-21(15(3)4)25(23)27)29-20-12-22(16(5)6)26(28)24(14-20)18(8)10-2/h11-18,27-28H,9-10H2,1-8H3. The Bertz CT molecular complexity index is 770. The fourth-order valence-corrected chi connectivity index (χ4v) is 4.64. The SMILES string of the molecule is CCC(C)c1cc(Sc2cc(C(C)C)c(O)c(C(C)CC)c2)cc(C(C)C)c1O. The van der Waals surface area contributed by atoms with Crippen LogP contribution in [-0.4, -0.2) is 10.2 Å². The van der Waals surface area contributed by atoms with Crippen LogP contribution in [0.3, 0.4) is 0 Å². The van der Waals surface area contributed by atoms with Gasteiger partial charge in [-0.05, 0) is 83.0 Å². The summed E-state index contributed by atoms with van der Waals surface area (Å²) in [5.41, 5.74) is 4.09. The molecule has 0 spiro atoms. The van der Waals surface area contributed by atoms with Crippen LogP contribution in [0.25, 0.3) is 0 Å².